The molecule has 0 radical (unpaired) electrons. The van der Waals surface area contributed by atoms with Crippen LogP contribution in [0.3, 0.4) is 0 Å². The molecule has 6 nitrogen and oxygen atoms in total. The van der Waals surface area contributed by atoms with Crippen molar-refractivity contribution in [2.45, 2.75) is 13.1 Å². The van der Waals surface area contributed by atoms with Crippen LogP contribution >= 0.6 is 0 Å². The van der Waals surface area contributed by atoms with Crippen molar-refractivity contribution in [3.63, 3.8) is 0 Å². The maximum absolute atomic E-state index is 13.3. The van der Waals surface area contributed by atoms with E-state index in [2.05, 4.69) is 15.3 Å². The third-order valence-electron chi connectivity index (χ3n) is 4.35. The molecule has 0 aliphatic carbocycles. The van der Waals surface area contributed by atoms with Crippen molar-refractivity contribution < 1.29 is 22.4 Å². The van der Waals surface area contributed by atoms with Crippen molar-refractivity contribution in [2.24, 2.45) is 0 Å². The number of ketones is 1. The van der Waals surface area contributed by atoms with Gasteiger partial charge in [-0.25, -0.2) is 4.68 Å². The summed E-state index contributed by atoms with van der Waals surface area (Å²) in [5.74, 6) is 0.0997. The molecule has 0 bridgehead atoms. The number of furan rings is 1. The summed E-state index contributed by atoms with van der Waals surface area (Å²) in [6.45, 7) is 1.62. The molecule has 0 N–H and O–H groups in total. The van der Waals surface area contributed by atoms with E-state index in [0.29, 0.717) is 17.1 Å². The summed E-state index contributed by atoms with van der Waals surface area (Å²) in [6.07, 6.45) is 1.01. The van der Waals surface area contributed by atoms with Gasteiger partial charge < -0.3 is 4.42 Å². The van der Waals surface area contributed by atoms with Crippen molar-refractivity contribution in [1.82, 2.24) is 20.0 Å². The molecule has 4 rings (SSSR count). The average Bonchev–Trinajstić information content (AvgIpc) is 3.34. The van der Waals surface area contributed by atoms with Crippen LogP contribution < -0.4 is 0 Å². The van der Waals surface area contributed by atoms with E-state index in [0.717, 1.165) is 6.07 Å². The fourth-order valence-corrected chi connectivity index (χ4v) is 2.98. The van der Waals surface area contributed by atoms with Crippen molar-refractivity contribution in [2.75, 3.05) is 0 Å². The van der Waals surface area contributed by atoms with Crippen molar-refractivity contribution in [3.05, 3.63) is 77.6 Å². The molecule has 0 saturated heterocycles. The van der Waals surface area contributed by atoms with Gasteiger partial charge in [0.05, 0.1) is 28.7 Å². The molecule has 0 aliphatic rings. The van der Waals surface area contributed by atoms with E-state index < -0.39 is 17.5 Å². The normalized spacial score (nSPS) is 12.1. The molecule has 0 spiro atoms. The van der Waals surface area contributed by atoms with E-state index in [1.807, 2.05) is 0 Å². The lowest BCUT2D eigenvalue weighted by atomic mass is 10.1. The molecular weight excluding hydrogens is 385 g/mol. The quantitative estimate of drug-likeness (QED) is 0.370. The Morgan fingerprint density at radius 1 is 1.17 bits per heavy atom. The third-order valence-corrected chi connectivity index (χ3v) is 4.35. The van der Waals surface area contributed by atoms with E-state index in [1.165, 1.54) is 47.5 Å². The second kappa shape index (κ2) is 7.01. The Bertz CT molecular complexity index is 1220. The Labute approximate surface area is 162 Å². The highest BCUT2D eigenvalue weighted by atomic mass is 19.4. The molecule has 0 atom stereocenters. The SMILES string of the molecule is Cc1c(C(=O)/C=C/c2ccco2)nnn1-c1ccnc2c(C(F)(F)F)cccc12. The number of aromatic nitrogens is 4. The van der Waals surface area contributed by atoms with Crippen LogP contribution in [0, 0.1) is 6.92 Å². The molecule has 0 saturated carbocycles. The van der Waals surface area contributed by atoms with Crippen LogP contribution in [0.4, 0.5) is 13.2 Å². The Hall–Kier alpha value is -3.75. The molecule has 29 heavy (non-hydrogen) atoms. The van der Waals surface area contributed by atoms with E-state index >= 15 is 0 Å². The van der Waals surface area contributed by atoms with Gasteiger partial charge in [-0.05, 0) is 43.3 Å². The smallest absolute Gasteiger partial charge is 0.418 e. The largest absolute Gasteiger partial charge is 0.465 e. The highest BCUT2D eigenvalue weighted by molar-refractivity contribution is 6.06. The topological polar surface area (TPSA) is 73.8 Å². The lowest BCUT2D eigenvalue weighted by Crippen LogP contribution is -2.08. The molecule has 4 aromatic rings. The first kappa shape index (κ1) is 18.6. The number of hydrogen-bond donors (Lipinski definition) is 0. The number of fused-ring (bicyclic) bond motifs is 1. The van der Waals surface area contributed by atoms with Gasteiger partial charge in [0.2, 0.25) is 5.78 Å². The fraction of sp³-hybridized carbons (Fsp3) is 0.100. The summed E-state index contributed by atoms with van der Waals surface area (Å²) in [5, 5.41) is 8.13. The molecule has 146 valence electrons. The highest BCUT2D eigenvalue weighted by Crippen LogP contribution is 2.35. The zero-order chi connectivity index (χ0) is 20.6. The minimum Gasteiger partial charge on any atom is -0.465 e. The van der Waals surface area contributed by atoms with Crippen LogP contribution in [0.5, 0.6) is 0 Å². The molecule has 3 heterocycles. The maximum Gasteiger partial charge on any atom is 0.418 e. The molecule has 1 aromatic carbocycles. The van der Waals surface area contributed by atoms with Crippen LogP contribution in [-0.4, -0.2) is 25.8 Å². The van der Waals surface area contributed by atoms with Crippen molar-refractivity contribution in [1.29, 1.82) is 0 Å². The second-order valence-electron chi connectivity index (χ2n) is 6.18. The number of alkyl halides is 3. The zero-order valence-corrected chi connectivity index (χ0v) is 15.0. The number of benzene rings is 1. The Balaban J connectivity index is 1.77. The second-order valence-corrected chi connectivity index (χ2v) is 6.18. The monoisotopic (exact) mass is 398 g/mol. The molecule has 3 aromatic heterocycles. The van der Waals surface area contributed by atoms with Gasteiger partial charge >= 0.3 is 6.18 Å². The average molecular weight is 398 g/mol. The predicted octanol–water partition coefficient (Wildman–Crippen LogP) is 4.63. The number of nitrogens with zero attached hydrogens (tertiary/aromatic N) is 4. The molecule has 0 unspecified atom stereocenters. The van der Waals surface area contributed by atoms with Crippen molar-refractivity contribution in [3.8, 4) is 5.69 Å². The predicted molar refractivity (Wildman–Crippen MR) is 98.5 cm³/mol. The third kappa shape index (κ3) is 3.42. The standard InChI is InChI=1S/C20H13F3N4O2/c1-12-18(17(28)8-7-13-4-3-11-29-13)25-26-27(12)16-9-10-24-19-14(16)5-2-6-15(19)20(21,22)23/h2-11H,1H3/b8-7+. The van der Waals surface area contributed by atoms with Gasteiger partial charge in [0, 0.05) is 11.6 Å². The summed E-state index contributed by atoms with van der Waals surface area (Å²) in [4.78, 5) is 16.3. The number of carbonyl (C=O) groups is 1. The minimum atomic E-state index is -4.54. The van der Waals surface area contributed by atoms with Crippen LogP contribution in [0.15, 0.2) is 59.4 Å². The highest BCUT2D eigenvalue weighted by Gasteiger charge is 2.33. The van der Waals surface area contributed by atoms with Gasteiger partial charge in [-0.15, -0.1) is 5.10 Å². The fourth-order valence-electron chi connectivity index (χ4n) is 2.98. The van der Waals surface area contributed by atoms with E-state index in [4.69, 9.17) is 4.42 Å². The first-order chi connectivity index (χ1) is 13.9. The van der Waals surface area contributed by atoms with Crippen LogP contribution in [-0.2, 0) is 6.18 Å². The first-order valence-electron chi connectivity index (χ1n) is 8.50. The molecule has 0 amide bonds. The number of hydrogen-bond acceptors (Lipinski definition) is 5. The molecule has 9 heteroatoms. The molecule has 0 fully saturated rings. The Morgan fingerprint density at radius 3 is 2.72 bits per heavy atom. The van der Waals surface area contributed by atoms with Gasteiger partial charge in [0.25, 0.3) is 0 Å². The maximum atomic E-state index is 13.3. The number of carbonyl (C=O) groups excluding carboxylic acids is 1. The van der Waals surface area contributed by atoms with Gasteiger partial charge in [-0.1, -0.05) is 17.3 Å². The van der Waals surface area contributed by atoms with E-state index in [-0.39, 0.29) is 16.6 Å². The zero-order valence-electron chi connectivity index (χ0n) is 15.0. The van der Waals surface area contributed by atoms with Gasteiger partial charge in [0.1, 0.15) is 5.76 Å². The van der Waals surface area contributed by atoms with Gasteiger partial charge in [-0.3, -0.25) is 9.78 Å². The van der Waals surface area contributed by atoms with Gasteiger partial charge in [0.15, 0.2) is 5.69 Å². The van der Waals surface area contributed by atoms with Crippen LogP contribution in [0.2, 0.25) is 0 Å². The number of halogens is 3. The van der Waals surface area contributed by atoms with Crippen molar-refractivity contribution >= 4 is 22.8 Å². The number of rotatable bonds is 4. The summed E-state index contributed by atoms with van der Waals surface area (Å²) < 4.78 is 46.4. The van der Waals surface area contributed by atoms with Gasteiger partial charge in [-0.2, -0.15) is 13.2 Å². The molecule has 0 aliphatic heterocycles. The minimum absolute atomic E-state index is 0.0877. The number of allylic oxidation sites excluding steroid dienone is 1. The lowest BCUT2D eigenvalue weighted by molar-refractivity contribution is -0.136. The summed E-state index contributed by atoms with van der Waals surface area (Å²) >= 11 is 0. The number of pyridine rings is 1. The van der Waals surface area contributed by atoms with Crippen LogP contribution in [0.25, 0.3) is 22.7 Å². The Morgan fingerprint density at radius 2 is 2.00 bits per heavy atom. The Kier molecular flexibility index (Phi) is 4.50. The molecular formula is C20H13F3N4O2. The summed E-state index contributed by atoms with van der Waals surface area (Å²) in [5.41, 5.74) is -0.209. The number of para-hydroxylation sites is 1. The summed E-state index contributed by atoms with van der Waals surface area (Å²) in [6, 6.07) is 8.70. The summed E-state index contributed by atoms with van der Waals surface area (Å²) in [7, 11) is 0. The van der Waals surface area contributed by atoms with E-state index in [9.17, 15) is 18.0 Å². The van der Waals surface area contributed by atoms with Crippen LogP contribution in [0.1, 0.15) is 27.5 Å². The van der Waals surface area contributed by atoms with E-state index in [1.54, 1.807) is 19.1 Å². The first-order valence-corrected chi connectivity index (χ1v) is 8.50. The lowest BCUT2D eigenvalue weighted by Gasteiger charge is -2.12.